The molecule has 0 aliphatic heterocycles. The second-order valence-electron chi connectivity index (χ2n) is 12.5. The van der Waals surface area contributed by atoms with Crippen LogP contribution in [0, 0.1) is 45.3 Å². The first-order chi connectivity index (χ1) is 22.0. The standard InChI is InChI=1S/C28H60P.C12H4N4/c1-5-9-10-11-12-13-14-15-16-17-18-19-20-21-22-23-24-25-26-27-28-29(6-2,7-3)8-4;13-5-11(6-14)9-1-2-10(4-3-9)12(7-15)8-16/h5-28H2,1-4H3;1-4H/q+1;. The smallest absolute Gasteiger partial charge is 0.136 e. The van der Waals surface area contributed by atoms with Crippen molar-refractivity contribution in [3.05, 3.63) is 34.7 Å². The molecule has 0 atom stereocenters. The SMILES string of the molecule is CCCCCCCCCCCCCCCCCCCCCC[P+](CC)(CC)CC.N#CC(C#N)=c1ccc(=C(C#N)C#N)cc1. The Morgan fingerprint density at radius 1 is 0.422 bits per heavy atom. The van der Waals surface area contributed by atoms with Gasteiger partial charge in [-0.25, -0.2) is 0 Å². The number of benzene rings is 1. The van der Waals surface area contributed by atoms with E-state index in [1.807, 2.05) is 0 Å². The van der Waals surface area contributed by atoms with Crippen LogP contribution in [0.4, 0.5) is 0 Å². The summed E-state index contributed by atoms with van der Waals surface area (Å²) in [5, 5.41) is 35.5. The second-order valence-corrected chi connectivity index (χ2v) is 17.5. The Bertz CT molecular complexity index is 1040. The second kappa shape index (κ2) is 30.0. The molecule has 1 aromatic carbocycles. The molecule has 0 N–H and O–H groups in total. The molecule has 1 rings (SSSR count). The fraction of sp³-hybridized carbons (Fsp3) is 0.700. The molecule has 0 radical (unpaired) electrons. The summed E-state index contributed by atoms with van der Waals surface area (Å²) in [6.07, 6.45) is 35.7. The number of nitriles is 4. The molecular weight excluding hydrogens is 567 g/mol. The highest BCUT2D eigenvalue weighted by Gasteiger charge is 2.29. The highest BCUT2D eigenvalue weighted by Crippen LogP contribution is 2.58. The Morgan fingerprint density at radius 2 is 0.667 bits per heavy atom. The Kier molecular flexibility index (Phi) is 28.3. The van der Waals surface area contributed by atoms with Crippen molar-refractivity contribution in [2.24, 2.45) is 0 Å². The van der Waals surface area contributed by atoms with Crippen LogP contribution in [0.2, 0.25) is 0 Å². The molecular formula is C40H64N4P+. The zero-order chi connectivity index (χ0) is 33.4. The van der Waals surface area contributed by atoms with Gasteiger partial charge in [0, 0.05) is 17.7 Å². The highest BCUT2D eigenvalue weighted by molar-refractivity contribution is 7.75. The van der Waals surface area contributed by atoms with Crippen LogP contribution in [0.25, 0.3) is 11.1 Å². The van der Waals surface area contributed by atoms with E-state index in [4.69, 9.17) is 21.0 Å². The first-order valence-corrected chi connectivity index (χ1v) is 20.8. The van der Waals surface area contributed by atoms with Crippen LogP contribution in [0.15, 0.2) is 24.3 Å². The average molecular weight is 632 g/mol. The number of rotatable bonds is 24. The van der Waals surface area contributed by atoms with Gasteiger partial charge in [0.1, 0.15) is 35.4 Å². The number of nitrogens with zero attached hydrogens (tertiary/aromatic N) is 4. The zero-order valence-electron chi connectivity index (χ0n) is 29.5. The molecule has 4 nitrogen and oxygen atoms in total. The van der Waals surface area contributed by atoms with Gasteiger partial charge >= 0.3 is 0 Å². The van der Waals surface area contributed by atoms with E-state index in [1.54, 1.807) is 30.4 Å². The molecule has 0 aliphatic carbocycles. The van der Waals surface area contributed by atoms with E-state index in [2.05, 4.69) is 27.7 Å². The lowest BCUT2D eigenvalue weighted by Gasteiger charge is -2.23. The Hall–Kier alpha value is -2.65. The zero-order valence-corrected chi connectivity index (χ0v) is 30.4. The van der Waals surface area contributed by atoms with Crippen molar-refractivity contribution in [3.8, 4) is 24.3 Å². The Labute approximate surface area is 278 Å². The normalized spacial score (nSPS) is 10.5. The number of unbranched alkanes of at least 4 members (excludes halogenated alkanes) is 19. The third-order valence-corrected chi connectivity index (χ3v) is 14.7. The van der Waals surface area contributed by atoms with Crippen LogP contribution in [-0.2, 0) is 0 Å². The van der Waals surface area contributed by atoms with Gasteiger partial charge in [-0.1, -0.05) is 147 Å². The highest BCUT2D eigenvalue weighted by atomic mass is 31.2. The maximum Gasteiger partial charge on any atom is 0.136 e. The van der Waals surface area contributed by atoms with Crippen LogP contribution in [-0.4, -0.2) is 24.6 Å². The van der Waals surface area contributed by atoms with Crippen molar-refractivity contribution in [3.63, 3.8) is 0 Å². The Balaban J connectivity index is 0.00000101. The molecule has 0 spiro atoms. The minimum atomic E-state index is -0.533. The summed E-state index contributed by atoms with van der Waals surface area (Å²) in [4.78, 5) is 0. The maximum absolute atomic E-state index is 8.63. The van der Waals surface area contributed by atoms with E-state index in [0.717, 1.165) is 0 Å². The molecule has 0 amide bonds. The lowest BCUT2D eigenvalue weighted by atomic mass is 10.0. The van der Waals surface area contributed by atoms with Gasteiger partial charge in [-0.15, -0.1) is 0 Å². The lowest BCUT2D eigenvalue weighted by Crippen LogP contribution is -2.11. The van der Waals surface area contributed by atoms with Gasteiger partial charge in [0.2, 0.25) is 0 Å². The van der Waals surface area contributed by atoms with E-state index < -0.39 is 7.26 Å². The largest absolute Gasteiger partial charge is 0.192 e. The molecule has 45 heavy (non-hydrogen) atoms. The molecule has 248 valence electrons. The summed E-state index contributed by atoms with van der Waals surface area (Å²) in [6.45, 7) is 9.63. The summed E-state index contributed by atoms with van der Waals surface area (Å²) < 4.78 is 0. The van der Waals surface area contributed by atoms with Gasteiger partial charge < -0.3 is 0 Å². The molecule has 0 heterocycles. The minimum absolute atomic E-state index is 0.00187. The topological polar surface area (TPSA) is 95.2 Å². The van der Waals surface area contributed by atoms with E-state index in [9.17, 15) is 0 Å². The van der Waals surface area contributed by atoms with Gasteiger partial charge in [-0.2, -0.15) is 21.0 Å². The quantitative estimate of drug-likeness (QED) is 0.0837. The molecule has 5 heteroatoms. The van der Waals surface area contributed by atoms with E-state index in [1.165, 1.54) is 171 Å². The van der Waals surface area contributed by atoms with Crippen molar-refractivity contribution < 1.29 is 0 Å². The average Bonchev–Trinajstić information content (AvgIpc) is 3.08. The summed E-state index contributed by atoms with van der Waals surface area (Å²) in [5.74, 6) is 0. The number of hydrogen-bond donors (Lipinski definition) is 0. The third-order valence-electron chi connectivity index (χ3n) is 9.41. The van der Waals surface area contributed by atoms with Crippen molar-refractivity contribution in [1.82, 2.24) is 0 Å². The van der Waals surface area contributed by atoms with Gasteiger partial charge in [0.15, 0.2) is 0 Å². The molecule has 0 bridgehead atoms. The van der Waals surface area contributed by atoms with Gasteiger partial charge in [0.05, 0.1) is 24.6 Å². The van der Waals surface area contributed by atoms with Crippen molar-refractivity contribution >= 4 is 18.4 Å². The monoisotopic (exact) mass is 631 g/mol. The summed E-state index contributed by atoms with van der Waals surface area (Å²) >= 11 is 0. The maximum atomic E-state index is 8.63. The van der Waals surface area contributed by atoms with Crippen molar-refractivity contribution in [2.45, 2.75) is 156 Å². The predicted molar refractivity (Wildman–Crippen MR) is 196 cm³/mol. The van der Waals surface area contributed by atoms with Crippen LogP contribution >= 0.6 is 7.26 Å². The first kappa shape index (κ1) is 42.3. The van der Waals surface area contributed by atoms with E-state index in [0.29, 0.717) is 10.4 Å². The summed E-state index contributed by atoms with van der Waals surface area (Å²) in [5.41, 5.74) is 0.00373. The van der Waals surface area contributed by atoms with E-state index in [-0.39, 0.29) is 11.1 Å². The van der Waals surface area contributed by atoms with Crippen LogP contribution in [0.1, 0.15) is 156 Å². The molecule has 0 saturated carbocycles. The predicted octanol–water partition coefficient (Wildman–Crippen LogP) is 11.0. The van der Waals surface area contributed by atoms with Crippen molar-refractivity contribution in [2.75, 3.05) is 24.6 Å². The van der Waals surface area contributed by atoms with Gasteiger partial charge in [-0.3, -0.25) is 0 Å². The van der Waals surface area contributed by atoms with Gasteiger partial charge in [-0.05, 0) is 33.6 Å². The summed E-state index contributed by atoms with van der Waals surface area (Å²) in [6, 6.07) is 13.2. The van der Waals surface area contributed by atoms with Crippen LogP contribution in [0.5, 0.6) is 0 Å². The Morgan fingerprint density at radius 3 is 0.889 bits per heavy atom. The fourth-order valence-corrected chi connectivity index (χ4v) is 9.14. The molecule has 0 aromatic heterocycles. The van der Waals surface area contributed by atoms with Crippen molar-refractivity contribution in [1.29, 1.82) is 21.0 Å². The summed E-state index contributed by atoms with van der Waals surface area (Å²) in [7, 11) is -0.533. The lowest BCUT2D eigenvalue weighted by molar-refractivity contribution is 0.523. The third kappa shape index (κ3) is 20.9. The molecule has 0 aliphatic rings. The fourth-order valence-electron chi connectivity index (χ4n) is 5.96. The van der Waals surface area contributed by atoms with Crippen LogP contribution < -0.4 is 10.4 Å². The van der Waals surface area contributed by atoms with Crippen LogP contribution in [0.3, 0.4) is 0 Å². The molecule has 0 fully saturated rings. The minimum Gasteiger partial charge on any atom is -0.192 e. The molecule has 1 aromatic rings. The molecule has 0 unspecified atom stereocenters. The number of hydrogen-bond acceptors (Lipinski definition) is 4. The van der Waals surface area contributed by atoms with E-state index >= 15 is 0 Å². The molecule has 0 saturated heterocycles. The first-order valence-electron chi connectivity index (χ1n) is 18.3. The van der Waals surface area contributed by atoms with Gasteiger partial charge in [0.25, 0.3) is 0 Å².